The highest BCUT2D eigenvalue weighted by Crippen LogP contribution is 2.32. The fraction of sp³-hybridized carbons (Fsp3) is 0.400. The van der Waals surface area contributed by atoms with Gasteiger partial charge in [0.05, 0.1) is 6.10 Å². The van der Waals surface area contributed by atoms with Crippen LogP contribution in [0.5, 0.6) is 0 Å². The van der Waals surface area contributed by atoms with Crippen molar-refractivity contribution in [2.75, 3.05) is 6.54 Å². The van der Waals surface area contributed by atoms with Gasteiger partial charge < -0.3 is 10.4 Å². The smallest absolute Gasteiger partial charge is 0.244 e. The standard InChI is InChI=1S/C15H19NO2/c1-11(12-5-3-2-4-6-12)9-15(18)16-10-14(17)13-7-8-13/h2-6,9,13-14,17H,7-8,10H2,1H3,(H,16,18)/b11-9+. The minimum atomic E-state index is -0.389. The van der Waals surface area contributed by atoms with Gasteiger partial charge in [-0.25, -0.2) is 0 Å². The van der Waals surface area contributed by atoms with E-state index in [1.807, 2.05) is 37.3 Å². The molecule has 0 heterocycles. The SMILES string of the molecule is C/C(=C\C(=O)NCC(O)C1CC1)c1ccccc1. The third kappa shape index (κ3) is 3.70. The first-order chi connectivity index (χ1) is 8.66. The van der Waals surface area contributed by atoms with Gasteiger partial charge in [0, 0.05) is 12.6 Å². The van der Waals surface area contributed by atoms with E-state index in [1.165, 1.54) is 0 Å². The van der Waals surface area contributed by atoms with Crippen LogP contribution in [-0.2, 0) is 4.79 Å². The molecule has 0 aliphatic heterocycles. The zero-order valence-electron chi connectivity index (χ0n) is 10.6. The number of hydrogen-bond donors (Lipinski definition) is 2. The van der Waals surface area contributed by atoms with Gasteiger partial charge in [0.15, 0.2) is 0 Å². The number of allylic oxidation sites excluding steroid dienone is 1. The number of benzene rings is 1. The van der Waals surface area contributed by atoms with E-state index in [2.05, 4.69) is 5.32 Å². The van der Waals surface area contributed by atoms with Crippen LogP contribution >= 0.6 is 0 Å². The molecule has 1 unspecified atom stereocenters. The van der Waals surface area contributed by atoms with E-state index in [0.717, 1.165) is 24.0 Å². The molecule has 1 fully saturated rings. The molecular formula is C15H19NO2. The number of aliphatic hydroxyl groups is 1. The molecule has 3 heteroatoms. The molecule has 96 valence electrons. The summed E-state index contributed by atoms with van der Waals surface area (Å²) >= 11 is 0. The molecule has 1 aliphatic rings. The summed E-state index contributed by atoms with van der Waals surface area (Å²) in [6.07, 6.45) is 3.35. The van der Waals surface area contributed by atoms with Crippen molar-refractivity contribution >= 4 is 11.5 Å². The number of amides is 1. The summed E-state index contributed by atoms with van der Waals surface area (Å²) in [5.74, 6) is 0.251. The summed E-state index contributed by atoms with van der Waals surface area (Å²) < 4.78 is 0. The Morgan fingerprint density at radius 2 is 2.11 bits per heavy atom. The number of nitrogens with one attached hydrogen (secondary N) is 1. The van der Waals surface area contributed by atoms with E-state index >= 15 is 0 Å². The van der Waals surface area contributed by atoms with E-state index in [0.29, 0.717) is 12.5 Å². The maximum Gasteiger partial charge on any atom is 0.244 e. The molecule has 1 saturated carbocycles. The molecule has 2 rings (SSSR count). The van der Waals surface area contributed by atoms with Crippen molar-refractivity contribution in [3.63, 3.8) is 0 Å². The summed E-state index contributed by atoms with van der Waals surface area (Å²) in [4.78, 5) is 11.7. The average molecular weight is 245 g/mol. The molecule has 1 aromatic carbocycles. The molecular weight excluding hydrogens is 226 g/mol. The first-order valence-corrected chi connectivity index (χ1v) is 6.36. The minimum Gasteiger partial charge on any atom is -0.391 e. The minimum absolute atomic E-state index is 0.143. The molecule has 0 radical (unpaired) electrons. The maximum absolute atomic E-state index is 11.7. The molecule has 3 nitrogen and oxygen atoms in total. The Bertz CT molecular complexity index is 435. The Balaban J connectivity index is 1.85. The van der Waals surface area contributed by atoms with Gasteiger partial charge in [-0.15, -0.1) is 0 Å². The Hall–Kier alpha value is -1.61. The number of hydrogen-bond acceptors (Lipinski definition) is 2. The summed E-state index contributed by atoms with van der Waals surface area (Å²) in [5, 5.41) is 12.4. The molecule has 0 spiro atoms. The van der Waals surface area contributed by atoms with Crippen molar-refractivity contribution in [3.8, 4) is 0 Å². The summed E-state index contributed by atoms with van der Waals surface area (Å²) in [6, 6.07) is 9.78. The van der Waals surface area contributed by atoms with Crippen LogP contribution in [0.4, 0.5) is 0 Å². The summed E-state index contributed by atoms with van der Waals surface area (Å²) in [5.41, 5.74) is 1.96. The normalized spacial score (nSPS) is 17.3. The van der Waals surface area contributed by atoms with Crippen molar-refractivity contribution in [3.05, 3.63) is 42.0 Å². The van der Waals surface area contributed by atoms with E-state index in [-0.39, 0.29) is 12.0 Å². The van der Waals surface area contributed by atoms with Crippen LogP contribution in [0, 0.1) is 5.92 Å². The second-order valence-corrected chi connectivity index (χ2v) is 4.84. The molecule has 18 heavy (non-hydrogen) atoms. The molecule has 1 aliphatic carbocycles. The number of carbonyl (C=O) groups excluding carboxylic acids is 1. The Kier molecular flexibility index (Phi) is 4.15. The highest BCUT2D eigenvalue weighted by atomic mass is 16.3. The average Bonchev–Trinajstić information content (AvgIpc) is 3.21. The van der Waals surface area contributed by atoms with Crippen LogP contribution in [-0.4, -0.2) is 23.7 Å². The lowest BCUT2D eigenvalue weighted by Gasteiger charge is -2.09. The Labute approximate surface area is 108 Å². The van der Waals surface area contributed by atoms with Gasteiger partial charge in [0.1, 0.15) is 0 Å². The fourth-order valence-electron chi connectivity index (χ4n) is 1.88. The molecule has 1 atom stereocenters. The van der Waals surface area contributed by atoms with E-state index in [9.17, 15) is 9.90 Å². The predicted molar refractivity (Wildman–Crippen MR) is 71.8 cm³/mol. The highest BCUT2D eigenvalue weighted by Gasteiger charge is 2.29. The van der Waals surface area contributed by atoms with Gasteiger partial charge >= 0.3 is 0 Å². The van der Waals surface area contributed by atoms with Gasteiger partial charge in [-0.05, 0) is 36.8 Å². The number of rotatable bonds is 5. The van der Waals surface area contributed by atoms with Crippen LogP contribution in [0.25, 0.3) is 5.57 Å². The van der Waals surface area contributed by atoms with Crippen molar-refractivity contribution in [1.29, 1.82) is 0 Å². The Morgan fingerprint density at radius 1 is 1.44 bits per heavy atom. The first kappa shape index (κ1) is 12.8. The molecule has 1 amide bonds. The molecule has 2 N–H and O–H groups in total. The quantitative estimate of drug-likeness (QED) is 0.779. The van der Waals surface area contributed by atoms with Gasteiger partial charge in [0.25, 0.3) is 0 Å². The second-order valence-electron chi connectivity index (χ2n) is 4.84. The fourth-order valence-corrected chi connectivity index (χ4v) is 1.88. The van der Waals surface area contributed by atoms with Crippen LogP contribution in [0.3, 0.4) is 0 Å². The number of carbonyl (C=O) groups is 1. The van der Waals surface area contributed by atoms with Crippen molar-refractivity contribution in [1.82, 2.24) is 5.32 Å². The van der Waals surface area contributed by atoms with Crippen molar-refractivity contribution < 1.29 is 9.90 Å². The van der Waals surface area contributed by atoms with Crippen LogP contribution in [0.2, 0.25) is 0 Å². The largest absolute Gasteiger partial charge is 0.391 e. The maximum atomic E-state index is 11.7. The Morgan fingerprint density at radius 3 is 2.72 bits per heavy atom. The van der Waals surface area contributed by atoms with Gasteiger partial charge in [-0.2, -0.15) is 0 Å². The highest BCUT2D eigenvalue weighted by molar-refractivity contribution is 5.94. The van der Waals surface area contributed by atoms with Gasteiger partial charge in [-0.3, -0.25) is 4.79 Å². The second kappa shape index (κ2) is 5.83. The first-order valence-electron chi connectivity index (χ1n) is 6.36. The number of aliphatic hydroxyl groups excluding tert-OH is 1. The van der Waals surface area contributed by atoms with Crippen LogP contribution < -0.4 is 5.32 Å². The third-order valence-corrected chi connectivity index (χ3v) is 3.23. The third-order valence-electron chi connectivity index (χ3n) is 3.23. The predicted octanol–water partition coefficient (Wildman–Crippen LogP) is 1.98. The lowest BCUT2D eigenvalue weighted by atomic mass is 10.1. The lowest BCUT2D eigenvalue weighted by Crippen LogP contribution is -2.32. The van der Waals surface area contributed by atoms with Crippen LogP contribution in [0.15, 0.2) is 36.4 Å². The van der Waals surface area contributed by atoms with Crippen molar-refractivity contribution in [2.24, 2.45) is 5.92 Å². The zero-order valence-corrected chi connectivity index (χ0v) is 10.6. The molecule has 1 aromatic rings. The topological polar surface area (TPSA) is 49.3 Å². The van der Waals surface area contributed by atoms with E-state index < -0.39 is 0 Å². The van der Waals surface area contributed by atoms with E-state index in [4.69, 9.17) is 0 Å². The summed E-state index contributed by atoms with van der Waals surface area (Å²) in [7, 11) is 0. The van der Waals surface area contributed by atoms with Gasteiger partial charge in [0.2, 0.25) is 5.91 Å². The van der Waals surface area contributed by atoms with Crippen LogP contribution in [0.1, 0.15) is 25.3 Å². The zero-order chi connectivity index (χ0) is 13.0. The lowest BCUT2D eigenvalue weighted by molar-refractivity contribution is -0.116. The monoisotopic (exact) mass is 245 g/mol. The molecule has 0 saturated heterocycles. The van der Waals surface area contributed by atoms with E-state index in [1.54, 1.807) is 6.08 Å². The summed E-state index contributed by atoms with van der Waals surface area (Å²) in [6.45, 7) is 2.26. The molecule has 0 bridgehead atoms. The van der Waals surface area contributed by atoms with Crippen molar-refractivity contribution in [2.45, 2.75) is 25.9 Å². The molecule has 0 aromatic heterocycles. The van der Waals surface area contributed by atoms with Gasteiger partial charge in [-0.1, -0.05) is 30.3 Å².